The second kappa shape index (κ2) is 6.69. The molecule has 6 heteroatoms. The van der Waals surface area contributed by atoms with Gasteiger partial charge in [-0.25, -0.2) is 0 Å². The second-order valence-corrected chi connectivity index (χ2v) is 7.79. The third-order valence-corrected chi connectivity index (χ3v) is 5.61. The molecule has 0 N–H and O–H groups in total. The van der Waals surface area contributed by atoms with Crippen LogP contribution < -0.4 is 0 Å². The zero-order chi connectivity index (χ0) is 17.4. The van der Waals surface area contributed by atoms with Crippen LogP contribution in [0.25, 0.3) is 22.6 Å². The Bertz CT molecular complexity index is 1040. The fraction of sp³-hybridized carbons (Fsp3) is 0.158. The number of aromatic nitrogens is 3. The number of nitrogens with zero attached hydrogens (tertiary/aromatic N) is 3. The summed E-state index contributed by atoms with van der Waals surface area (Å²) in [5.41, 5.74) is 3.38. The lowest BCUT2D eigenvalue weighted by Gasteiger charge is -2.03. The van der Waals surface area contributed by atoms with E-state index < -0.39 is 0 Å². The number of hydrogen-bond donors (Lipinski definition) is 0. The number of furan rings is 1. The maximum absolute atomic E-state index is 5.93. The number of aryl methyl sites for hydroxylation is 1. The second-order valence-electron chi connectivity index (χ2n) is 5.93. The number of fused-ring (bicyclic) bond motifs is 1. The molecule has 0 fully saturated rings. The van der Waals surface area contributed by atoms with E-state index in [4.69, 9.17) is 4.42 Å². The minimum Gasteiger partial charge on any atom is -0.453 e. The molecule has 2 heterocycles. The molecule has 0 aliphatic rings. The van der Waals surface area contributed by atoms with E-state index in [9.17, 15) is 0 Å². The molecule has 4 aromatic rings. The Morgan fingerprint density at radius 3 is 2.68 bits per heavy atom. The summed E-state index contributed by atoms with van der Waals surface area (Å²) < 4.78 is 8.93. The van der Waals surface area contributed by atoms with Crippen LogP contribution in [-0.2, 0) is 12.8 Å². The molecular formula is C19H16BrN3OS. The largest absolute Gasteiger partial charge is 0.453 e. The number of benzene rings is 2. The van der Waals surface area contributed by atoms with Crippen LogP contribution in [0.3, 0.4) is 0 Å². The molecule has 0 radical (unpaired) electrons. The maximum Gasteiger partial charge on any atom is 0.200 e. The number of thioether (sulfide) groups is 1. The van der Waals surface area contributed by atoms with E-state index in [1.165, 1.54) is 11.1 Å². The Morgan fingerprint density at radius 1 is 1.08 bits per heavy atom. The lowest BCUT2D eigenvalue weighted by molar-refractivity contribution is 0.618. The molecule has 0 atom stereocenters. The predicted octanol–water partition coefficient (Wildman–Crippen LogP) is 5.59. The van der Waals surface area contributed by atoms with E-state index in [2.05, 4.69) is 57.3 Å². The van der Waals surface area contributed by atoms with Crippen molar-refractivity contribution in [3.8, 4) is 11.6 Å². The van der Waals surface area contributed by atoms with Crippen molar-refractivity contribution >= 4 is 38.7 Å². The third kappa shape index (κ3) is 3.37. The normalized spacial score (nSPS) is 11.3. The summed E-state index contributed by atoms with van der Waals surface area (Å²) in [6.45, 7) is 2.09. The highest BCUT2D eigenvalue weighted by Crippen LogP contribution is 2.30. The fourth-order valence-electron chi connectivity index (χ4n) is 2.61. The van der Waals surface area contributed by atoms with E-state index in [-0.39, 0.29) is 0 Å². The SMILES string of the molecule is Cc1ccc(CSc2nnc(-c3cc4cc(Br)ccc4o3)n2C)cc1. The maximum atomic E-state index is 5.93. The standard InChI is InChI=1S/C19H16BrN3OS/c1-12-3-5-13(6-4-12)11-25-19-22-21-18(23(19)2)17-10-14-9-15(20)7-8-16(14)24-17/h3-10H,11H2,1-2H3. The fourth-order valence-corrected chi connectivity index (χ4v) is 3.86. The van der Waals surface area contributed by atoms with Crippen molar-refractivity contribution in [3.63, 3.8) is 0 Å². The van der Waals surface area contributed by atoms with Crippen LogP contribution in [0.15, 0.2) is 62.6 Å². The van der Waals surface area contributed by atoms with E-state index in [0.717, 1.165) is 37.9 Å². The van der Waals surface area contributed by atoms with E-state index in [0.29, 0.717) is 0 Å². The predicted molar refractivity (Wildman–Crippen MR) is 105 cm³/mol. The van der Waals surface area contributed by atoms with E-state index in [1.807, 2.05) is 35.9 Å². The minimum absolute atomic E-state index is 0.727. The molecule has 2 aromatic heterocycles. The molecule has 126 valence electrons. The number of hydrogen-bond acceptors (Lipinski definition) is 4. The van der Waals surface area contributed by atoms with Crippen molar-refractivity contribution in [3.05, 3.63) is 64.1 Å². The summed E-state index contributed by atoms with van der Waals surface area (Å²) >= 11 is 5.16. The molecular weight excluding hydrogens is 398 g/mol. The first-order chi connectivity index (χ1) is 12.1. The van der Waals surface area contributed by atoms with Crippen LogP contribution in [0.2, 0.25) is 0 Å². The van der Waals surface area contributed by atoms with Crippen LogP contribution in [0.1, 0.15) is 11.1 Å². The van der Waals surface area contributed by atoms with Gasteiger partial charge in [-0.2, -0.15) is 0 Å². The van der Waals surface area contributed by atoms with Gasteiger partial charge in [0.25, 0.3) is 0 Å². The minimum atomic E-state index is 0.727. The van der Waals surface area contributed by atoms with Gasteiger partial charge in [-0.15, -0.1) is 10.2 Å². The van der Waals surface area contributed by atoms with Gasteiger partial charge in [0.1, 0.15) is 5.58 Å². The third-order valence-electron chi connectivity index (χ3n) is 4.02. The van der Waals surface area contributed by atoms with Gasteiger partial charge in [-0.1, -0.05) is 57.5 Å². The Kier molecular flexibility index (Phi) is 4.39. The van der Waals surface area contributed by atoms with Gasteiger partial charge >= 0.3 is 0 Å². The molecule has 0 saturated heterocycles. The Morgan fingerprint density at radius 2 is 1.88 bits per heavy atom. The summed E-state index contributed by atoms with van der Waals surface area (Å²) in [4.78, 5) is 0. The smallest absolute Gasteiger partial charge is 0.200 e. The highest BCUT2D eigenvalue weighted by molar-refractivity contribution is 9.10. The van der Waals surface area contributed by atoms with Gasteiger partial charge in [0, 0.05) is 22.7 Å². The summed E-state index contributed by atoms with van der Waals surface area (Å²) in [6, 6.07) is 16.5. The molecule has 0 aliphatic carbocycles. The van der Waals surface area contributed by atoms with Gasteiger partial charge in [0.2, 0.25) is 0 Å². The number of halogens is 1. The van der Waals surface area contributed by atoms with Crippen molar-refractivity contribution in [2.24, 2.45) is 7.05 Å². The van der Waals surface area contributed by atoms with Crippen LogP contribution in [0, 0.1) is 6.92 Å². The summed E-state index contributed by atoms with van der Waals surface area (Å²) in [5, 5.41) is 10.6. The number of rotatable bonds is 4. The van der Waals surface area contributed by atoms with Crippen molar-refractivity contribution in [1.82, 2.24) is 14.8 Å². The molecule has 0 aliphatic heterocycles. The van der Waals surface area contributed by atoms with Gasteiger partial charge in [-0.05, 0) is 36.8 Å². The molecule has 0 bridgehead atoms. The van der Waals surface area contributed by atoms with Crippen molar-refractivity contribution in [2.75, 3.05) is 0 Å². The Labute approximate surface area is 158 Å². The molecule has 0 saturated carbocycles. The van der Waals surface area contributed by atoms with Crippen LogP contribution in [0.4, 0.5) is 0 Å². The first-order valence-corrected chi connectivity index (χ1v) is 9.65. The van der Waals surface area contributed by atoms with Crippen LogP contribution in [0.5, 0.6) is 0 Å². The quantitative estimate of drug-likeness (QED) is 0.408. The highest BCUT2D eigenvalue weighted by atomic mass is 79.9. The van der Waals surface area contributed by atoms with E-state index in [1.54, 1.807) is 11.8 Å². The molecule has 25 heavy (non-hydrogen) atoms. The monoisotopic (exact) mass is 413 g/mol. The molecule has 0 spiro atoms. The summed E-state index contributed by atoms with van der Waals surface area (Å²) in [7, 11) is 1.97. The van der Waals surface area contributed by atoms with Crippen molar-refractivity contribution in [1.29, 1.82) is 0 Å². The van der Waals surface area contributed by atoms with Crippen LogP contribution >= 0.6 is 27.7 Å². The molecule has 2 aromatic carbocycles. The first kappa shape index (κ1) is 16.4. The Hall–Kier alpha value is -2.05. The summed E-state index contributed by atoms with van der Waals surface area (Å²) in [5.74, 6) is 2.32. The lowest BCUT2D eigenvalue weighted by atomic mass is 10.2. The van der Waals surface area contributed by atoms with Gasteiger partial charge in [0.05, 0.1) is 0 Å². The van der Waals surface area contributed by atoms with Gasteiger partial charge < -0.3 is 8.98 Å². The highest BCUT2D eigenvalue weighted by Gasteiger charge is 2.15. The summed E-state index contributed by atoms with van der Waals surface area (Å²) in [6.07, 6.45) is 0. The zero-order valence-corrected chi connectivity index (χ0v) is 16.3. The average molecular weight is 414 g/mol. The zero-order valence-electron chi connectivity index (χ0n) is 13.9. The Balaban J connectivity index is 1.58. The molecule has 4 rings (SSSR count). The van der Waals surface area contributed by atoms with Gasteiger partial charge in [0.15, 0.2) is 16.7 Å². The lowest BCUT2D eigenvalue weighted by Crippen LogP contribution is -1.94. The van der Waals surface area contributed by atoms with Crippen molar-refractivity contribution < 1.29 is 4.42 Å². The van der Waals surface area contributed by atoms with Crippen molar-refractivity contribution in [2.45, 2.75) is 17.8 Å². The molecule has 4 nitrogen and oxygen atoms in total. The topological polar surface area (TPSA) is 43.9 Å². The van der Waals surface area contributed by atoms with E-state index >= 15 is 0 Å². The van der Waals surface area contributed by atoms with Gasteiger partial charge in [-0.3, -0.25) is 0 Å². The first-order valence-electron chi connectivity index (χ1n) is 7.87. The molecule has 0 amide bonds. The molecule has 0 unspecified atom stereocenters. The van der Waals surface area contributed by atoms with Crippen LogP contribution in [-0.4, -0.2) is 14.8 Å². The average Bonchev–Trinajstić information content (AvgIpc) is 3.17.